The van der Waals surface area contributed by atoms with Crippen molar-refractivity contribution in [1.82, 2.24) is 9.71 Å². The Morgan fingerprint density at radius 2 is 1.79 bits per heavy atom. The van der Waals surface area contributed by atoms with Crippen LogP contribution in [0.1, 0.15) is 18.5 Å². The highest BCUT2D eigenvalue weighted by Gasteiger charge is 2.45. The first-order chi connectivity index (χ1) is 13.6. The van der Waals surface area contributed by atoms with Gasteiger partial charge in [0.25, 0.3) is 0 Å². The Labute approximate surface area is 165 Å². The van der Waals surface area contributed by atoms with Crippen molar-refractivity contribution in [3.05, 3.63) is 54.0 Å². The summed E-state index contributed by atoms with van der Waals surface area (Å²) in [7, 11) is -4.03. The van der Waals surface area contributed by atoms with E-state index in [9.17, 15) is 26.0 Å². The lowest BCUT2D eigenvalue weighted by Gasteiger charge is -2.23. The lowest BCUT2D eigenvalue weighted by Crippen LogP contribution is -2.40. The molecule has 0 bridgehead atoms. The maximum Gasteiger partial charge on any atom is 0.433 e. The summed E-state index contributed by atoms with van der Waals surface area (Å²) in [5.74, 6) is -0.534. The molecule has 156 valence electrons. The van der Waals surface area contributed by atoms with Gasteiger partial charge >= 0.3 is 6.18 Å². The SMILES string of the molecule is O=S(=O)(N[C@H]1CC[C@@H]2CN(c3cccc(C(F)(F)F)n3)C[C@@H]21)c1ccccc1F. The van der Waals surface area contributed by atoms with E-state index in [2.05, 4.69) is 9.71 Å². The zero-order chi connectivity index (χ0) is 20.8. The maximum absolute atomic E-state index is 13.9. The molecule has 1 aromatic heterocycles. The van der Waals surface area contributed by atoms with Crippen LogP contribution >= 0.6 is 0 Å². The first-order valence-corrected chi connectivity index (χ1v) is 10.7. The third kappa shape index (κ3) is 3.95. The average molecular weight is 429 g/mol. The van der Waals surface area contributed by atoms with E-state index in [4.69, 9.17) is 0 Å². The van der Waals surface area contributed by atoms with Crippen LogP contribution in [0.3, 0.4) is 0 Å². The van der Waals surface area contributed by atoms with Crippen LogP contribution in [0.4, 0.5) is 23.4 Å². The fourth-order valence-electron chi connectivity index (χ4n) is 4.28. The molecule has 29 heavy (non-hydrogen) atoms. The lowest BCUT2D eigenvalue weighted by molar-refractivity contribution is -0.141. The highest BCUT2D eigenvalue weighted by molar-refractivity contribution is 7.89. The van der Waals surface area contributed by atoms with E-state index in [0.29, 0.717) is 19.5 Å². The van der Waals surface area contributed by atoms with E-state index < -0.39 is 38.6 Å². The van der Waals surface area contributed by atoms with Gasteiger partial charge in [0.05, 0.1) is 0 Å². The van der Waals surface area contributed by atoms with E-state index in [1.54, 1.807) is 4.90 Å². The molecular weight excluding hydrogens is 410 g/mol. The summed E-state index contributed by atoms with van der Waals surface area (Å²) in [6.07, 6.45) is -3.18. The molecule has 1 saturated heterocycles. The number of sulfonamides is 1. The summed E-state index contributed by atoms with van der Waals surface area (Å²) in [4.78, 5) is 5.08. The largest absolute Gasteiger partial charge is 0.433 e. The molecule has 1 N–H and O–H groups in total. The van der Waals surface area contributed by atoms with Crippen LogP contribution < -0.4 is 9.62 Å². The highest BCUT2D eigenvalue weighted by atomic mass is 32.2. The van der Waals surface area contributed by atoms with E-state index >= 15 is 0 Å². The molecule has 2 fully saturated rings. The fraction of sp³-hybridized carbons (Fsp3) is 0.421. The Balaban J connectivity index is 1.50. The summed E-state index contributed by atoms with van der Waals surface area (Å²) in [6.45, 7) is 0.903. The molecule has 0 radical (unpaired) electrons. The van der Waals surface area contributed by atoms with Crippen LogP contribution in [0.2, 0.25) is 0 Å². The van der Waals surface area contributed by atoms with Crippen molar-refractivity contribution in [3.63, 3.8) is 0 Å². The van der Waals surface area contributed by atoms with Crippen molar-refractivity contribution in [1.29, 1.82) is 0 Å². The summed E-state index contributed by atoms with van der Waals surface area (Å²) >= 11 is 0. The minimum Gasteiger partial charge on any atom is -0.356 e. The average Bonchev–Trinajstić information content (AvgIpc) is 3.23. The summed E-state index contributed by atoms with van der Waals surface area (Å²) in [5, 5.41) is 0. The molecule has 3 atom stereocenters. The number of hydrogen-bond acceptors (Lipinski definition) is 4. The predicted molar refractivity (Wildman–Crippen MR) is 98.2 cm³/mol. The van der Waals surface area contributed by atoms with Gasteiger partial charge in [-0.3, -0.25) is 0 Å². The van der Waals surface area contributed by atoms with Gasteiger partial charge in [-0.1, -0.05) is 18.2 Å². The number of nitrogens with zero attached hydrogens (tertiary/aromatic N) is 2. The third-order valence-corrected chi connectivity index (χ3v) is 7.16. The molecule has 0 spiro atoms. The molecule has 4 rings (SSSR count). The van der Waals surface area contributed by atoms with Gasteiger partial charge in [0.1, 0.15) is 22.2 Å². The van der Waals surface area contributed by atoms with E-state index in [1.165, 1.54) is 30.3 Å². The lowest BCUT2D eigenvalue weighted by atomic mass is 9.98. The minimum atomic E-state index is -4.52. The summed E-state index contributed by atoms with van der Waals surface area (Å²) in [6, 6.07) is 8.52. The quantitative estimate of drug-likeness (QED) is 0.757. The number of anilines is 1. The monoisotopic (exact) mass is 429 g/mol. The Hall–Kier alpha value is -2.20. The Kier molecular flexibility index (Phi) is 5.02. The zero-order valence-electron chi connectivity index (χ0n) is 15.2. The second-order valence-electron chi connectivity index (χ2n) is 7.44. The normalized spacial score (nSPS) is 24.7. The molecule has 1 saturated carbocycles. The van der Waals surface area contributed by atoms with Gasteiger partial charge in [-0.15, -0.1) is 0 Å². The number of halogens is 4. The van der Waals surface area contributed by atoms with Crippen molar-refractivity contribution < 1.29 is 26.0 Å². The molecule has 2 aromatic rings. The third-order valence-electron chi connectivity index (χ3n) is 5.64. The van der Waals surface area contributed by atoms with E-state index in [1.807, 2.05) is 0 Å². The fourth-order valence-corrected chi connectivity index (χ4v) is 5.68. The number of nitrogens with one attached hydrogen (secondary N) is 1. The first kappa shape index (κ1) is 20.1. The molecule has 1 aliphatic carbocycles. The molecule has 2 heterocycles. The number of hydrogen-bond donors (Lipinski definition) is 1. The van der Waals surface area contributed by atoms with Crippen LogP contribution in [-0.2, 0) is 16.2 Å². The highest BCUT2D eigenvalue weighted by Crippen LogP contribution is 2.40. The van der Waals surface area contributed by atoms with Gasteiger partial charge in [-0.05, 0) is 48.9 Å². The molecule has 1 aromatic carbocycles. The van der Waals surface area contributed by atoms with Gasteiger partial charge in [0.2, 0.25) is 10.0 Å². The second kappa shape index (κ2) is 7.24. The van der Waals surface area contributed by atoms with Gasteiger partial charge < -0.3 is 4.90 Å². The van der Waals surface area contributed by atoms with Crippen LogP contribution in [0, 0.1) is 17.7 Å². The number of benzene rings is 1. The van der Waals surface area contributed by atoms with Crippen LogP contribution in [-0.4, -0.2) is 32.5 Å². The summed E-state index contributed by atoms with van der Waals surface area (Å²) < 4.78 is 80.5. The van der Waals surface area contributed by atoms with E-state index in [0.717, 1.165) is 18.6 Å². The standard InChI is InChI=1S/C19H19F4N3O2S/c20-14-4-1-2-5-16(14)29(27,28)25-15-9-8-12-10-26(11-13(12)15)18-7-3-6-17(24-18)19(21,22)23/h1-7,12-13,15,25H,8-11H2/t12-,13+,15+/m1/s1. The molecular formula is C19H19F4N3O2S. The van der Waals surface area contributed by atoms with Crippen molar-refractivity contribution >= 4 is 15.8 Å². The Morgan fingerprint density at radius 3 is 2.52 bits per heavy atom. The number of fused-ring (bicyclic) bond motifs is 1. The summed E-state index contributed by atoms with van der Waals surface area (Å²) in [5.41, 5.74) is -0.955. The van der Waals surface area contributed by atoms with Crippen molar-refractivity contribution in [2.24, 2.45) is 11.8 Å². The number of rotatable bonds is 4. The molecule has 5 nitrogen and oxygen atoms in total. The van der Waals surface area contributed by atoms with Crippen LogP contribution in [0.15, 0.2) is 47.4 Å². The smallest absolute Gasteiger partial charge is 0.356 e. The van der Waals surface area contributed by atoms with Crippen molar-refractivity contribution in [2.75, 3.05) is 18.0 Å². The topological polar surface area (TPSA) is 62.3 Å². The van der Waals surface area contributed by atoms with Gasteiger partial charge in [-0.2, -0.15) is 13.2 Å². The molecule has 0 amide bonds. The van der Waals surface area contributed by atoms with Gasteiger partial charge in [0, 0.05) is 19.1 Å². The van der Waals surface area contributed by atoms with Crippen molar-refractivity contribution in [2.45, 2.75) is 30.0 Å². The Morgan fingerprint density at radius 1 is 1.03 bits per heavy atom. The van der Waals surface area contributed by atoms with Gasteiger partial charge in [-0.25, -0.2) is 22.5 Å². The zero-order valence-corrected chi connectivity index (χ0v) is 16.0. The Bertz CT molecular complexity index is 1010. The molecule has 2 aliphatic rings. The molecule has 0 unspecified atom stereocenters. The van der Waals surface area contributed by atoms with Crippen LogP contribution in [0.5, 0.6) is 0 Å². The minimum absolute atomic E-state index is 0.0760. The van der Waals surface area contributed by atoms with Crippen molar-refractivity contribution in [3.8, 4) is 0 Å². The first-order valence-electron chi connectivity index (χ1n) is 9.21. The number of pyridine rings is 1. The predicted octanol–water partition coefficient (Wildman–Crippen LogP) is 3.43. The van der Waals surface area contributed by atoms with Crippen LogP contribution in [0.25, 0.3) is 0 Å². The van der Waals surface area contributed by atoms with E-state index in [-0.39, 0.29) is 17.7 Å². The molecule has 10 heteroatoms. The molecule has 1 aliphatic heterocycles. The number of aromatic nitrogens is 1. The number of alkyl halides is 3. The second-order valence-corrected chi connectivity index (χ2v) is 9.13. The van der Waals surface area contributed by atoms with Gasteiger partial charge in [0.15, 0.2) is 0 Å². The maximum atomic E-state index is 13.9.